The molecule has 9 aromatic heterocycles. The summed E-state index contributed by atoms with van der Waals surface area (Å²) in [4.78, 5) is 83.6. The summed E-state index contributed by atoms with van der Waals surface area (Å²) in [6.45, 7) is 15.9. The molecule has 4 aliphatic heterocycles. The fraction of sp³-hybridized carbons (Fsp3) is 0.301. The maximum absolute atomic E-state index is 13.7. The number of fused-ring (bicyclic) bond motifs is 12. The van der Waals surface area contributed by atoms with Gasteiger partial charge in [0.2, 0.25) is 17.9 Å². The lowest BCUT2D eigenvalue weighted by Crippen LogP contribution is -2.51. The van der Waals surface area contributed by atoms with Gasteiger partial charge >= 0.3 is 11.4 Å². The van der Waals surface area contributed by atoms with E-state index in [9.17, 15) is 32.3 Å². The number of aromatic nitrogens is 18. The number of nitrogens with zero attached hydrogens (tertiary/aromatic N) is 24. The number of alkyl halides is 2. The van der Waals surface area contributed by atoms with Crippen molar-refractivity contribution in [2.45, 2.75) is 161 Å². The molecule has 32 nitrogen and oxygen atoms in total. The Kier molecular flexibility index (Phi) is 25.5. The van der Waals surface area contributed by atoms with Crippen LogP contribution in [0, 0.1) is 22.2 Å². The molecule has 0 saturated heterocycles. The standard InChI is InChI=1S/C29H26FN7S.C27H26N8O.C26H29N9O.C21H26F2N4O2S/c1-35-28(38)25-26(31-20-7-3-2-4-8-20)36(34-27(25)37-23-11-5-10-22(23)33-29(35)37)17-18-13-15-19(16-14-18)21-9-6-12-24(30)32-21;1-32-26(36)24-23(35-22-9-5-8-21(22)31-27(32)35)15-33(25(24)30-19-6-3-2-4-7-19)14-18-10-12-20(13-11-18)34-17-28-16-29-34;1-26(2,3)15-33-24-21(22(27)32(4)25(33)36)23(30-19-8-6-5-7-9-19)34(31-24)14-18-10-12-20(13-11-18)35-17-28-16-29-35;1-20(2,3)12-26-16-15(17(28)25(5)19(26)29)18(30-6)27(24-16)11-13-7-9-14(10-8-13)21(4,22)23/h2-4,6-9,12-16,22-23,31H,5,10-11,17H2,1H3;2-4,6-7,10-13,15-17,21-22,30H,5,8-9,14H2,1H3;5-13,16-17,27,30H,14-15H2,1-4H3;7-10H,11-12H2,1-6H3/t22-,23+;21-,22+;;/m11../s1. The van der Waals surface area contributed by atoms with E-state index in [0.29, 0.717) is 107 Å². The number of nitrogens with one attached hydrogen (secondary N) is 4. The number of thioether (sulfide) groups is 1. The zero-order valence-electron chi connectivity index (χ0n) is 79.6. The molecule has 2 fully saturated rings. The summed E-state index contributed by atoms with van der Waals surface area (Å²) in [6, 6.07) is 66.2. The van der Waals surface area contributed by atoms with Crippen molar-refractivity contribution in [1.29, 1.82) is 5.41 Å². The third-order valence-electron chi connectivity index (χ3n) is 25.7. The van der Waals surface area contributed by atoms with E-state index in [1.807, 2.05) is 213 Å². The highest BCUT2D eigenvalue weighted by molar-refractivity contribution is 7.98. The molecule has 1 amide bonds. The highest BCUT2D eigenvalue weighted by Crippen LogP contribution is 2.47. The highest BCUT2D eigenvalue weighted by atomic mass is 32.2. The maximum atomic E-state index is 13.7. The minimum Gasteiger partial charge on any atom is -0.341 e. The largest absolute Gasteiger partial charge is 0.341 e. The van der Waals surface area contributed by atoms with Gasteiger partial charge in [-0.25, -0.2) is 62.0 Å². The number of halogens is 3. The molecule has 0 bridgehead atoms. The molecule has 4 N–H and O–H groups in total. The predicted octanol–water partition coefficient (Wildman–Crippen LogP) is 16.9. The number of anilines is 8. The van der Waals surface area contributed by atoms with Crippen LogP contribution in [0.4, 0.5) is 59.2 Å². The first kappa shape index (κ1) is 93.6. The van der Waals surface area contributed by atoms with Crippen molar-refractivity contribution >= 4 is 115 Å². The zero-order chi connectivity index (χ0) is 97.9. The summed E-state index contributed by atoms with van der Waals surface area (Å²) >= 11 is 7.36. The molecule has 2 aliphatic carbocycles. The van der Waals surface area contributed by atoms with Gasteiger partial charge in [0.05, 0.1) is 72.1 Å². The second kappa shape index (κ2) is 38.2. The minimum absolute atomic E-state index is 0.0290. The monoisotopic (exact) mass is 1920 g/mol. The first-order valence-corrected chi connectivity index (χ1v) is 48.1. The maximum Gasteiger partial charge on any atom is 0.332 e. The molecule has 0 unspecified atom stereocenters. The van der Waals surface area contributed by atoms with E-state index < -0.39 is 23.1 Å². The molecule has 4 atom stereocenters. The number of para-hydroxylation sites is 3. The quantitative estimate of drug-likeness (QED) is 0.0295. The number of guanidine groups is 2. The number of pyridine rings is 1. The van der Waals surface area contributed by atoms with Gasteiger partial charge < -0.3 is 30.3 Å². The van der Waals surface area contributed by atoms with E-state index in [0.717, 1.165) is 134 Å². The van der Waals surface area contributed by atoms with Gasteiger partial charge in [0, 0.05) is 89.1 Å². The predicted molar refractivity (Wildman–Crippen MR) is 544 cm³/mol. The third-order valence-corrected chi connectivity index (χ3v) is 27.0. The minimum atomic E-state index is -2.90. The lowest BCUT2D eigenvalue weighted by atomic mass is 9.97. The Hall–Kier alpha value is -15.4. The van der Waals surface area contributed by atoms with Crippen LogP contribution in [0.1, 0.15) is 131 Å². The second-order valence-electron chi connectivity index (χ2n) is 38.3. The van der Waals surface area contributed by atoms with Gasteiger partial charge in [-0.05, 0) is 151 Å². The Labute approximate surface area is 814 Å². The molecule has 7 aromatic carbocycles. The average Bonchev–Trinajstić information content (AvgIpc) is 1.56. The summed E-state index contributed by atoms with van der Waals surface area (Å²) in [6.07, 6.45) is 17.0. The fourth-order valence-electron chi connectivity index (χ4n) is 18.9. The number of aliphatic imine (C=N–C) groups is 2. The topological polar surface area (TPSA) is 318 Å². The lowest BCUT2D eigenvalue weighted by molar-refractivity contribution is 0.0174. The van der Waals surface area contributed by atoms with Gasteiger partial charge in [-0.15, -0.1) is 11.8 Å². The number of amides is 1. The van der Waals surface area contributed by atoms with Crippen LogP contribution in [0.5, 0.6) is 0 Å². The van der Waals surface area contributed by atoms with Gasteiger partial charge in [-0.3, -0.25) is 47.7 Å². The average molecular weight is 1920 g/mol. The molecule has 16 aromatic rings. The van der Waals surface area contributed by atoms with Crippen LogP contribution in [-0.2, 0) is 59.3 Å². The molecule has 6 aliphatic rings. The Bertz CT molecular complexity index is 7640. The number of benzene rings is 7. The van der Waals surface area contributed by atoms with Crippen LogP contribution >= 0.6 is 24.0 Å². The van der Waals surface area contributed by atoms with E-state index in [4.69, 9.17) is 37.8 Å². The summed E-state index contributed by atoms with van der Waals surface area (Å²) in [5.41, 5.74) is 12.2. The Balaban J connectivity index is 0.000000119. The molecule has 13 heterocycles. The third kappa shape index (κ3) is 18.8. The van der Waals surface area contributed by atoms with E-state index in [1.165, 1.54) is 71.6 Å². The van der Waals surface area contributed by atoms with Crippen molar-refractivity contribution in [3.05, 3.63) is 319 Å². The van der Waals surface area contributed by atoms with Crippen LogP contribution in [0.2, 0.25) is 0 Å². The van der Waals surface area contributed by atoms with Crippen LogP contribution < -0.4 is 48.2 Å². The van der Waals surface area contributed by atoms with Gasteiger partial charge in [-0.1, -0.05) is 187 Å². The molecular weight excluding hydrogens is 1810 g/mol. The van der Waals surface area contributed by atoms with Gasteiger partial charge in [0.1, 0.15) is 74.6 Å². The Morgan fingerprint density at radius 1 is 0.500 bits per heavy atom. The molecule has 716 valence electrons. The molecule has 37 heteroatoms. The normalized spacial score (nSPS) is 16.3. The van der Waals surface area contributed by atoms with Crippen molar-refractivity contribution < 1.29 is 18.0 Å². The van der Waals surface area contributed by atoms with Crippen LogP contribution in [0.15, 0.2) is 267 Å². The second-order valence-corrected chi connectivity index (χ2v) is 39.5. The number of carbonyl (C=O) groups excluding carboxylic acids is 1. The fourth-order valence-corrected chi connectivity index (χ4v) is 19.9. The SMILES string of the molecule is CN1C(=O)c2c(cn(Cc3ccc(-n4cncn4)cc3)c2Nc2ccccc2)N2C1=N[C@@H]1CCC[C@@H]12.CN1C(=S)c2c(nn(Cc3ccc(-c4cccc(F)n4)cc3)c2Nc2ccccc2)N2C1=N[C@@H]1CCC[C@@H]12.CSc1c2c(=O)n(C)c(=O)n(CC(C)(C)C)c2nn1Cc1ccc(C(C)(F)F)cc1.Cn1c(=N)c2c(Nc3ccccc3)n(Cc3ccc(-n4cncn4)cc3)nc2n(CC(C)(C)C)c1=O. The van der Waals surface area contributed by atoms with Crippen molar-refractivity contribution in [1.82, 2.24) is 96.5 Å². The van der Waals surface area contributed by atoms with Gasteiger partial charge in [0.25, 0.3) is 17.4 Å². The summed E-state index contributed by atoms with van der Waals surface area (Å²) in [5.74, 6) is 1.47. The molecule has 140 heavy (non-hydrogen) atoms. The van der Waals surface area contributed by atoms with E-state index in [-0.39, 0.29) is 39.5 Å². The van der Waals surface area contributed by atoms with Crippen molar-refractivity contribution in [2.24, 2.45) is 34.9 Å². The number of thiocarbonyl (C=S) groups is 1. The number of carbonyl (C=O) groups is 1. The molecular formula is C103H107F3N28O4S2. The number of hydrogen-bond donors (Lipinski definition) is 4. The number of rotatable bonds is 21. The van der Waals surface area contributed by atoms with E-state index in [1.54, 1.807) is 61.4 Å². The molecule has 0 radical (unpaired) electrons. The molecule has 2 saturated carbocycles. The Morgan fingerprint density at radius 2 is 0.971 bits per heavy atom. The summed E-state index contributed by atoms with van der Waals surface area (Å²) in [5, 5.41) is 44.1. The molecule has 22 rings (SSSR count). The van der Waals surface area contributed by atoms with Gasteiger partial charge in [0.15, 0.2) is 17.1 Å². The van der Waals surface area contributed by atoms with Crippen LogP contribution in [0.25, 0.3) is 44.7 Å². The first-order valence-electron chi connectivity index (χ1n) is 46.4. The van der Waals surface area contributed by atoms with Gasteiger partial charge in [-0.2, -0.15) is 29.9 Å². The lowest BCUT2D eigenvalue weighted by Gasteiger charge is -2.35. The van der Waals surface area contributed by atoms with Crippen molar-refractivity contribution in [3.8, 4) is 22.6 Å². The Morgan fingerprint density at radius 3 is 1.49 bits per heavy atom. The van der Waals surface area contributed by atoms with Crippen molar-refractivity contribution in [2.75, 3.05) is 46.1 Å². The molecule has 0 spiro atoms. The number of hydrogen-bond acceptors (Lipinski definition) is 22. The van der Waals surface area contributed by atoms with E-state index >= 15 is 0 Å². The smallest absolute Gasteiger partial charge is 0.332 e. The van der Waals surface area contributed by atoms with E-state index in [2.05, 4.69) is 99.7 Å². The summed E-state index contributed by atoms with van der Waals surface area (Å²) < 4.78 is 57.4. The summed E-state index contributed by atoms with van der Waals surface area (Å²) in [7, 11) is 6.94. The van der Waals surface area contributed by atoms with Crippen LogP contribution in [-0.4, -0.2) is 164 Å². The first-order chi connectivity index (χ1) is 67.3. The highest BCUT2D eigenvalue weighted by Gasteiger charge is 2.50. The van der Waals surface area contributed by atoms with Crippen LogP contribution in [0.3, 0.4) is 0 Å². The van der Waals surface area contributed by atoms with Crippen molar-refractivity contribution in [3.63, 3.8) is 0 Å². The zero-order valence-corrected chi connectivity index (χ0v) is 81.3.